The van der Waals surface area contributed by atoms with Crippen molar-refractivity contribution in [3.8, 4) is 96.3 Å². The second-order valence-electron chi connectivity index (χ2n) is 17.0. The maximum Gasteiger partial charge on any atom is 0.170 e. The van der Waals surface area contributed by atoms with Crippen LogP contribution in [0.25, 0.3) is 67.5 Å². The zero-order chi connectivity index (χ0) is 43.6. The first-order valence-electron chi connectivity index (χ1n) is 22.3. The van der Waals surface area contributed by atoms with Gasteiger partial charge in [-0.25, -0.2) is 15.0 Å². The Morgan fingerprint density at radius 2 is 0.879 bits per heavy atom. The maximum atomic E-state index is 6.87. The topological polar surface area (TPSA) is 66.4 Å². The lowest BCUT2D eigenvalue weighted by Gasteiger charge is -2.34. The number of para-hydroxylation sites is 1. The fourth-order valence-corrected chi connectivity index (χ4v) is 10.1. The minimum atomic E-state index is -0.550. The molecule has 0 unspecified atom stereocenters. The third-order valence-corrected chi connectivity index (χ3v) is 13.2. The van der Waals surface area contributed by atoms with E-state index in [1.807, 2.05) is 42.5 Å². The average molecular weight is 850 g/mol. The zero-order valence-corrected chi connectivity index (χ0v) is 35.7. The highest BCUT2D eigenvalue weighted by Gasteiger charge is 2.47. The lowest BCUT2D eigenvalue weighted by molar-refractivity contribution is 0.358. The fourth-order valence-electron chi connectivity index (χ4n) is 10.1. The van der Waals surface area contributed by atoms with Gasteiger partial charge in [0.05, 0.1) is 12.0 Å². The normalized spacial score (nSPS) is 13.5. The van der Waals surface area contributed by atoms with Crippen molar-refractivity contribution < 1.29 is 14.2 Å². The van der Waals surface area contributed by atoms with E-state index in [-0.39, 0.29) is 0 Å². The van der Waals surface area contributed by atoms with Gasteiger partial charge in [0.1, 0.15) is 5.75 Å². The van der Waals surface area contributed by atoms with Gasteiger partial charge in [0.15, 0.2) is 40.5 Å². The molecule has 13 rings (SSSR count). The molecule has 1 aliphatic carbocycles. The summed E-state index contributed by atoms with van der Waals surface area (Å²) in [6.45, 7) is 0.716. The van der Waals surface area contributed by atoms with E-state index in [2.05, 4.69) is 170 Å². The van der Waals surface area contributed by atoms with Crippen LogP contribution in [0.4, 0.5) is 0 Å². The van der Waals surface area contributed by atoms with Gasteiger partial charge in [-0.2, -0.15) is 0 Å². The van der Waals surface area contributed by atoms with Crippen LogP contribution in [-0.2, 0) is 11.8 Å². The van der Waals surface area contributed by atoms with E-state index in [9.17, 15) is 0 Å². The highest BCUT2D eigenvalue weighted by atomic mass is 16.6. The summed E-state index contributed by atoms with van der Waals surface area (Å²) in [7, 11) is 0. The molecule has 3 aliphatic rings. The van der Waals surface area contributed by atoms with E-state index < -0.39 is 5.41 Å². The standard InChI is InChI=1S/C60H39N3O3/c1-4-14-40(15-5-1)57-61-58(41-28-26-38(27-29-41)47-24-13-16-39-32-33-64-56(39)47)63-59(62-57)44-18-12-17-42(34-44)43-30-31-52-53(35-43)66-55-37-51-49(36-54(55)65-52)48-23-10-11-25-50(48)60(51,45-19-6-2-7-20-45)46-21-8-3-9-22-46/h1-31,34-37H,32-33H2. The van der Waals surface area contributed by atoms with Crippen molar-refractivity contribution in [2.45, 2.75) is 11.8 Å². The number of hydrogen-bond donors (Lipinski definition) is 0. The van der Waals surface area contributed by atoms with Crippen LogP contribution in [0, 0.1) is 0 Å². The van der Waals surface area contributed by atoms with Crippen LogP contribution in [-0.4, -0.2) is 21.6 Å². The van der Waals surface area contributed by atoms with Crippen molar-refractivity contribution in [1.29, 1.82) is 0 Å². The summed E-state index contributed by atoms with van der Waals surface area (Å²) in [4.78, 5) is 15.2. The lowest BCUT2D eigenvalue weighted by atomic mass is 9.67. The van der Waals surface area contributed by atoms with E-state index in [0.29, 0.717) is 47.1 Å². The molecule has 0 radical (unpaired) electrons. The SMILES string of the molecule is c1ccc(-c2nc(-c3ccc(-c4cccc5c4OCC5)cc3)nc(-c3cccc(-c4ccc5c(c4)Oc4cc6c(cc4O5)-c4ccccc4C6(c4ccccc4)c4ccccc4)c3)n2)cc1. The fraction of sp³-hybridized carbons (Fsp3) is 0.0500. The van der Waals surface area contributed by atoms with Gasteiger partial charge in [0, 0.05) is 28.7 Å². The van der Waals surface area contributed by atoms with Gasteiger partial charge in [-0.05, 0) is 86.0 Å². The van der Waals surface area contributed by atoms with E-state index in [0.717, 1.165) is 62.2 Å². The highest BCUT2D eigenvalue weighted by molar-refractivity contribution is 5.88. The van der Waals surface area contributed by atoms with Gasteiger partial charge in [-0.15, -0.1) is 0 Å². The molecule has 1 aromatic heterocycles. The third kappa shape index (κ3) is 6.14. The van der Waals surface area contributed by atoms with Crippen LogP contribution in [0.1, 0.15) is 27.8 Å². The minimum Gasteiger partial charge on any atom is -0.492 e. The molecule has 0 amide bonds. The van der Waals surface area contributed by atoms with Gasteiger partial charge in [0.2, 0.25) is 0 Å². The quantitative estimate of drug-likeness (QED) is 0.159. The van der Waals surface area contributed by atoms with Crippen LogP contribution in [0.3, 0.4) is 0 Å². The molecule has 312 valence electrons. The molecule has 3 heterocycles. The number of ether oxygens (including phenoxy) is 3. The first-order valence-corrected chi connectivity index (χ1v) is 22.3. The number of aromatic nitrogens is 3. The molecule has 6 nitrogen and oxygen atoms in total. The molecule has 0 spiro atoms. The number of benzene rings is 9. The Balaban J connectivity index is 0.863. The molecule has 0 N–H and O–H groups in total. The predicted molar refractivity (Wildman–Crippen MR) is 260 cm³/mol. The predicted octanol–water partition coefficient (Wildman–Crippen LogP) is 14.4. The molecule has 6 heteroatoms. The number of fused-ring (bicyclic) bond motifs is 6. The van der Waals surface area contributed by atoms with Crippen LogP contribution >= 0.6 is 0 Å². The van der Waals surface area contributed by atoms with Crippen LogP contribution in [0.5, 0.6) is 28.7 Å². The van der Waals surface area contributed by atoms with Crippen molar-refractivity contribution in [2.75, 3.05) is 6.61 Å². The Morgan fingerprint density at radius 3 is 1.64 bits per heavy atom. The van der Waals surface area contributed by atoms with Crippen molar-refractivity contribution in [1.82, 2.24) is 15.0 Å². The van der Waals surface area contributed by atoms with Gasteiger partial charge < -0.3 is 14.2 Å². The molecule has 66 heavy (non-hydrogen) atoms. The molecule has 9 aromatic carbocycles. The Morgan fingerprint density at radius 1 is 0.348 bits per heavy atom. The molecule has 0 saturated heterocycles. The van der Waals surface area contributed by atoms with Crippen LogP contribution in [0.2, 0.25) is 0 Å². The van der Waals surface area contributed by atoms with Gasteiger partial charge in [0.25, 0.3) is 0 Å². The summed E-state index contributed by atoms with van der Waals surface area (Å²) in [5.74, 6) is 5.44. The van der Waals surface area contributed by atoms with Gasteiger partial charge >= 0.3 is 0 Å². The van der Waals surface area contributed by atoms with E-state index in [1.165, 1.54) is 27.8 Å². The Kier molecular flexibility index (Phi) is 8.78. The Hall–Kier alpha value is -8.61. The maximum absolute atomic E-state index is 6.87. The van der Waals surface area contributed by atoms with Gasteiger partial charge in [-0.3, -0.25) is 0 Å². The van der Waals surface area contributed by atoms with Gasteiger partial charge in [-0.1, -0.05) is 182 Å². The third-order valence-electron chi connectivity index (χ3n) is 13.2. The minimum absolute atomic E-state index is 0.550. The summed E-state index contributed by atoms with van der Waals surface area (Å²) in [5.41, 5.74) is 14.7. The van der Waals surface area contributed by atoms with Crippen molar-refractivity contribution in [2.24, 2.45) is 0 Å². The first-order chi connectivity index (χ1) is 32.7. The van der Waals surface area contributed by atoms with E-state index in [4.69, 9.17) is 29.2 Å². The van der Waals surface area contributed by atoms with Crippen molar-refractivity contribution in [3.63, 3.8) is 0 Å². The molecule has 2 aliphatic heterocycles. The molecular weight excluding hydrogens is 811 g/mol. The summed E-state index contributed by atoms with van der Waals surface area (Å²) in [5, 5.41) is 0. The van der Waals surface area contributed by atoms with E-state index in [1.54, 1.807) is 0 Å². The largest absolute Gasteiger partial charge is 0.492 e. The molecular formula is C60H39N3O3. The molecule has 10 aromatic rings. The summed E-state index contributed by atoms with van der Waals surface area (Å²) in [6, 6.07) is 73.9. The van der Waals surface area contributed by atoms with Crippen molar-refractivity contribution in [3.05, 3.63) is 240 Å². The molecule has 0 fully saturated rings. The van der Waals surface area contributed by atoms with Crippen LogP contribution in [0.15, 0.2) is 212 Å². The Bertz CT molecular complexity index is 3460. The summed E-state index contributed by atoms with van der Waals surface area (Å²) < 4.78 is 19.6. The second-order valence-corrected chi connectivity index (χ2v) is 17.0. The van der Waals surface area contributed by atoms with Crippen LogP contribution < -0.4 is 14.2 Å². The Labute approximate surface area is 382 Å². The number of hydrogen-bond acceptors (Lipinski definition) is 6. The average Bonchev–Trinajstić information content (AvgIpc) is 3.99. The lowest BCUT2D eigenvalue weighted by Crippen LogP contribution is -2.28. The molecule has 0 bridgehead atoms. The first kappa shape index (κ1) is 37.9. The highest BCUT2D eigenvalue weighted by Crippen LogP contribution is 2.60. The smallest absolute Gasteiger partial charge is 0.170 e. The number of nitrogens with zero attached hydrogens (tertiary/aromatic N) is 3. The summed E-state index contributed by atoms with van der Waals surface area (Å²) >= 11 is 0. The zero-order valence-electron chi connectivity index (χ0n) is 35.7. The summed E-state index contributed by atoms with van der Waals surface area (Å²) in [6.07, 6.45) is 0.935. The monoisotopic (exact) mass is 849 g/mol. The van der Waals surface area contributed by atoms with Crippen molar-refractivity contribution >= 4 is 0 Å². The van der Waals surface area contributed by atoms with E-state index >= 15 is 0 Å². The molecule has 0 atom stereocenters. The molecule has 0 saturated carbocycles. The number of rotatable bonds is 7. The second kappa shape index (κ2) is 15.3.